The highest BCUT2D eigenvalue weighted by molar-refractivity contribution is 5.42. The maximum absolute atomic E-state index is 9.36. The summed E-state index contributed by atoms with van der Waals surface area (Å²) in [5.74, 6) is 0.434. The first kappa shape index (κ1) is 9.13. The summed E-state index contributed by atoms with van der Waals surface area (Å²) in [5.41, 5.74) is 1.12. The van der Waals surface area contributed by atoms with Crippen LogP contribution in [0, 0.1) is 0 Å². The normalized spacial score (nSPS) is 21.0. The molecule has 2 N–H and O–H groups in total. The SMILES string of the molecule is Oc1ccc(C2CC=CCC2)cc1O. The van der Waals surface area contributed by atoms with Crippen LogP contribution in [-0.2, 0) is 0 Å². The molecule has 0 spiro atoms. The van der Waals surface area contributed by atoms with Gasteiger partial charge in [-0.2, -0.15) is 0 Å². The number of allylic oxidation sites excluding steroid dienone is 2. The third kappa shape index (κ3) is 1.74. The molecule has 74 valence electrons. The van der Waals surface area contributed by atoms with Gasteiger partial charge in [-0.3, -0.25) is 0 Å². The number of hydrogen-bond acceptors (Lipinski definition) is 2. The number of rotatable bonds is 1. The summed E-state index contributed by atoms with van der Waals surface area (Å²) in [5, 5.41) is 18.5. The Morgan fingerprint density at radius 3 is 2.57 bits per heavy atom. The Balaban J connectivity index is 2.23. The van der Waals surface area contributed by atoms with E-state index in [1.165, 1.54) is 0 Å². The van der Waals surface area contributed by atoms with Gasteiger partial charge in [0.1, 0.15) is 0 Å². The highest BCUT2D eigenvalue weighted by atomic mass is 16.3. The molecule has 1 aromatic rings. The smallest absolute Gasteiger partial charge is 0.157 e. The average molecular weight is 190 g/mol. The number of aromatic hydroxyl groups is 2. The molecule has 0 heterocycles. The number of phenolic OH excluding ortho intramolecular Hbond substituents is 2. The summed E-state index contributed by atoms with van der Waals surface area (Å²) in [7, 11) is 0. The fourth-order valence-corrected chi connectivity index (χ4v) is 1.89. The van der Waals surface area contributed by atoms with Crippen molar-refractivity contribution in [1.29, 1.82) is 0 Å². The number of hydrogen-bond donors (Lipinski definition) is 2. The lowest BCUT2D eigenvalue weighted by atomic mass is 9.88. The topological polar surface area (TPSA) is 40.5 Å². The Labute approximate surface area is 83.5 Å². The second-order valence-electron chi connectivity index (χ2n) is 3.73. The van der Waals surface area contributed by atoms with Gasteiger partial charge >= 0.3 is 0 Å². The highest BCUT2D eigenvalue weighted by Gasteiger charge is 2.13. The zero-order valence-corrected chi connectivity index (χ0v) is 7.98. The van der Waals surface area contributed by atoms with E-state index in [1.807, 2.05) is 6.07 Å². The van der Waals surface area contributed by atoms with E-state index in [0.29, 0.717) is 5.92 Å². The lowest BCUT2D eigenvalue weighted by Crippen LogP contribution is -2.00. The minimum atomic E-state index is -0.0416. The molecule has 0 fully saturated rings. The van der Waals surface area contributed by atoms with Crippen molar-refractivity contribution in [2.24, 2.45) is 0 Å². The van der Waals surface area contributed by atoms with Crippen LogP contribution >= 0.6 is 0 Å². The Bertz CT molecular complexity index is 355. The summed E-state index contributed by atoms with van der Waals surface area (Å²) >= 11 is 0. The summed E-state index contributed by atoms with van der Waals surface area (Å²) in [6, 6.07) is 5.11. The second-order valence-corrected chi connectivity index (χ2v) is 3.73. The van der Waals surface area contributed by atoms with Crippen molar-refractivity contribution in [2.45, 2.75) is 25.2 Å². The molecule has 1 aliphatic carbocycles. The summed E-state index contributed by atoms with van der Waals surface area (Å²) in [6.07, 6.45) is 7.63. The van der Waals surface area contributed by atoms with Crippen LogP contribution in [0.25, 0.3) is 0 Å². The van der Waals surface area contributed by atoms with Crippen LogP contribution < -0.4 is 0 Å². The van der Waals surface area contributed by atoms with Crippen LogP contribution in [0.2, 0.25) is 0 Å². The lowest BCUT2D eigenvalue weighted by Gasteiger charge is -2.18. The van der Waals surface area contributed by atoms with Gasteiger partial charge in [0.15, 0.2) is 11.5 Å². The Morgan fingerprint density at radius 2 is 1.93 bits per heavy atom. The van der Waals surface area contributed by atoms with Gasteiger partial charge < -0.3 is 10.2 Å². The monoisotopic (exact) mass is 190 g/mol. The molecule has 0 aliphatic heterocycles. The van der Waals surface area contributed by atoms with Crippen LogP contribution in [0.5, 0.6) is 11.5 Å². The zero-order chi connectivity index (χ0) is 9.97. The van der Waals surface area contributed by atoms with Gasteiger partial charge in [-0.05, 0) is 42.9 Å². The Hall–Kier alpha value is -1.44. The largest absolute Gasteiger partial charge is 0.504 e. The molecule has 0 amide bonds. The third-order valence-corrected chi connectivity index (χ3v) is 2.74. The molecule has 2 rings (SSSR count). The fourth-order valence-electron chi connectivity index (χ4n) is 1.89. The maximum atomic E-state index is 9.36. The summed E-state index contributed by atoms with van der Waals surface area (Å²) in [4.78, 5) is 0. The van der Waals surface area contributed by atoms with E-state index in [9.17, 15) is 10.2 Å². The van der Waals surface area contributed by atoms with Crippen molar-refractivity contribution in [3.63, 3.8) is 0 Å². The average Bonchev–Trinajstić information content (AvgIpc) is 2.23. The fraction of sp³-hybridized carbons (Fsp3) is 0.333. The van der Waals surface area contributed by atoms with E-state index in [1.54, 1.807) is 12.1 Å². The molecule has 2 heteroatoms. The quantitative estimate of drug-likeness (QED) is 0.528. The molecule has 0 saturated heterocycles. The molecule has 1 aromatic carbocycles. The standard InChI is InChI=1S/C12H14O2/c13-11-7-6-10(8-12(11)14)9-4-2-1-3-5-9/h1-2,6-9,13-14H,3-5H2. The van der Waals surface area contributed by atoms with Crippen molar-refractivity contribution in [3.05, 3.63) is 35.9 Å². The van der Waals surface area contributed by atoms with E-state index in [2.05, 4.69) is 12.2 Å². The predicted molar refractivity (Wildman–Crippen MR) is 55.5 cm³/mol. The van der Waals surface area contributed by atoms with Crippen LogP contribution in [-0.4, -0.2) is 10.2 Å². The predicted octanol–water partition coefficient (Wildman–Crippen LogP) is 2.92. The summed E-state index contributed by atoms with van der Waals surface area (Å²) < 4.78 is 0. The van der Waals surface area contributed by atoms with Gasteiger partial charge in [-0.1, -0.05) is 18.2 Å². The minimum Gasteiger partial charge on any atom is -0.504 e. The number of benzene rings is 1. The van der Waals surface area contributed by atoms with Crippen molar-refractivity contribution < 1.29 is 10.2 Å². The van der Waals surface area contributed by atoms with Gasteiger partial charge in [0.25, 0.3) is 0 Å². The minimum absolute atomic E-state index is 0.0166. The molecule has 0 saturated carbocycles. The first-order valence-corrected chi connectivity index (χ1v) is 4.94. The second kappa shape index (κ2) is 3.74. The molecular weight excluding hydrogens is 176 g/mol. The van der Waals surface area contributed by atoms with E-state index in [-0.39, 0.29) is 11.5 Å². The summed E-state index contributed by atoms with van der Waals surface area (Å²) in [6.45, 7) is 0. The van der Waals surface area contributed by atoms with E-state index in [4.69, 9.17) is 0 Å². The van der Waals surface area contributed by atoms with E-state index < -0.39 is 0 Å². The molecule has 0 bridgehead atoms. The van der Waals surface area contributed by atoms with E-state index in [0.717, 1.165) is 24.8 Å². The number of phenols is 2. The maximum Gasteiger partial charge on any atom is 0.157 e. The van der Waals surface area contributed by atoms with E-state index >= 15 is 0 Å². The molecule has 2 nitrogen and oxygen atoms in total. The van der Waals surface area contributed by atoms with Crippen LogP contribution in [0.4, 0.5) is 0 Å². The molecule has 1 atom stereocenters. The van der Waals surface area contributed by atoms with Gasteiger partial charge in [0.2, 0.25) is 0 Å². The highest BCUT2D eigenvalue weighted by Crippen LogP contribution is 2.34. The van der Waals surface area contributed by atoms with Crippen LogP contribution in [0.15, 0.2) is 30.4 Å². The zero-order valence-electron chi connectivity index (χ0n) is 7.98. The Kier molecular flexibility index (Phi) is 2.44. The first-order chi connectivity index (χ1) is 6.77. The first-order valence-electron chi connectivity index (χ1n) is 4.94. The Morgan fingerprint density at radius 1 is 1.07 bits per heavy atom. The van der Waals surface area contributed by atoms with Gasteiger partial charge in [0, 0.05) is 0 Å². The molecule has 1 aliphatic rings. The van der Waals surface area contributed by atoms with Gasteiger partial charge in [0.05, 0.1) is 0 Å². The van der Waals surface area contributed by atoms with Crippen molar-refractivity contribution in [1.82, 2.24) is 0 Å². The molecule has 14 heavy (non-hydrogen) atoms. The molecule has 1 unspecified atom stereocenters. The van der Waals surface area contributed by atoms with Crippen LogP contribution in [0.1, 0.15) is 30.7 Å². The molecule has 0 aromatic heterocycles. The molecule has 0 radical (unpaired) electrons. The third-order valence-electron chi connectivity index (χ3n) is 2.74. The molecular formula is C12H14O2. The lowest BCUT2D eigenvalue weighted by molar-refractivity contribution is 0.402. The van der Waals surface area contributed by atoms with Gasteiger partial charge in [-0.25, -0.2) is 0 Å². The van der Waals surface area contributed by atoms with Crippen LogP contribution in [0.3, 0.4) is 0 Å². The van der Waals surface area contributed by atoms with Crippen molar-refractivity contribution in [3.8, 4) is 11.5 Å². The van der Waals surface area contributed by atoms with Gasteiger partial charge in [-0.15, -0.1) is 0 Å². The van der Waals surface area contributed by atoms with Crippen molar-refractivity contribution in [2.75, 3.05) is 0 Å². The van der Waals surface area contributed by atoms with Crippen molar-refractivity contribution >= 4 is 0 Å².